The van der Waals surface area contributed by atoms with Crippen LogP contribution in [-0.4, -0.2) is 15.5 Å². The number of hydrogen-bond acceptors (Lipinski definition) is 3. The van der Waals surface area contributed by atoms with Gasteiger partial charge < -0.3 is 9.88 Å². The highest BCUT2D eigenvalue weighted by atomic mass is 32.1. The van der Waals surface area contributed by atoms with Gasteiger partial charge in [0, 0.05) is 35.1 Å². The predicted octanol–water partition coefficient (Wildman–Crippen LogP) is 4.62. The molecule has 1 amide bonds. The maximum atomic E-state index is 13.0. The van der Waals surface area contributed by atoms with Crippen molar-refractivity contribution in [3.8, 4) is 11.3 Å². The second-order valence-corrected chi connectivity index (χ2v) is 6.91. The van der Waals surface area contributed by atoms with Crippen LogP contribution in [0.4, 0.5) is 9.52 Å². The third kappa shape index (κ3) is 3.23. The Balaban J connectivity index is 1.49. The van der Waals surface area contributed by atoms with E-state index in [0.29, 0.717) is 5.13 Å². The van der Waals surface area contributed by atoms with Gasteiger partial charge in [0.05, 0.1) is 12.1 Å². The first-order valence-electron chi connectivity index (χ1n) is 8.14. The Morgan fingerprint density at radius 1 is 1.19 bits per heavy atom. The molecule has 6 heteroatoms. The summed E-state index contributed by atoms with van der Waals surface area (Å²) in [6.45, 7) is 0. The number of halogens is 1. The lowest BCUT2D eigenvalue weighted by atomic mass is 10.1. The van der Waals surface area contributed by atoms with Crippen molar-refractivity contribution in [1.29, 1.82) is 0 Å². The number of rotatable bonds is 4. The lowest BCUT2D eigenvalue weighted by Gasteiger charge is -2.01. The number of hydrogen-bond donors (Lipinski definition) is 1. The summed E-state index contributed by atoms with van der Waals surface area (Å²) in [6, 6.07) is 14.2. The first-order valence-corrected chi connectivity index (χ1v) is 9.02. The van der Waals surface area contributed by atoms with Gasteiger partial charge in [-0.1, -0.05) is 18.2 Å². The highest BCUT2D eigenvalue weighted by Gasteiger charge is 2.12. The summed E-state index contributed by atoms with van der Waals surface area (Å²) in [5.74, 6) is -0.394. The summed E-state index contributed by atoms with van der Waals surface area (Å²) in [7, 11) is 1.97. The zero-order valence-electron chi connectivity index (χ0n) is 14.1. The van der Waals surface area contributed by atoms with Gasteiger partial charge in [-0.25, -0.2) is 9.37 Å². The molecule has 0 radical (unpaired) electrons. The minimum absolute atomic E-state index is 0.110. The molecule has 0 aliphatic carbocycles. The van der Waals surface area contributed by atoms with Gasteiger partial charge in [0.25, 0.3) is 0 Å². The Kier molecular flexibility index (Phi) is 4.26. The van der Waals surface area contributed by atoms with E-state index in [1.807, 2.05) is 47.5 Å². The third-order valence-corrected chi connectivity index (χ3v) is 4.98. The number of aryl methyl sites for hydroxylation is 1. The van der Waals surface area contributed by atoms with E-state index >= 15 is 0 Å². The average molecular weight is 365 g/mol. The van der Waals surface area contributed by atoms with Gasteiger partial charge in [-0.15, -0.1) is 11.3 Å². The van der Waals surface area contributed by atoms with Crippen LogP contribution in [0.2, 0.25) is 0 Å². The molecule has 2 aromatic carbocycles. The molecular formula is C20H16FN3OS. The average Bonchev–Trinajstić information content (AvgIpc) is 3.21. The van der Waals surface area contributed by atoms with Gasteiger partial charge in [-0.05, 0) is 35.9 Å². The maximum Gasteiger partial charge on any atom is 0.230 e. The molecule has 0 aliphatic rings. The fourth-order valence-corrected chi connectivity index (χ4v) is 3.72. The summed E-state index contributed by atoms with van der Waals surface area (Å²) >= 11 is 1.35. The SMILES string of the molecule is Cn1cc(CC(=O)Nc2nc(-c3ccc(F)cc3)cs2)c2ccccc21. The van der Waals surface area contributed by atoms with Crippen LogP contribution in [0.1, 0.15) is 5.56 Å². The molecule has 0 bridgehead atoms. The number of benzene rings is 2. The van der Waals surface area contributed by atoms with E-state index < -0.39 is 0 Å². The van der Waals surface area contributed by atoms with Crippen molar-refractivity contribution >= 4 is 33.3 Å². The van der Waals surface area contributed by atoms with Crippen LogP contribution in [0.3, 0.4) is 0 Å². The Hall–Kier alpha value is -2.99. The quantitative estimate of drug-likeness (QED) is 0.573. The third-order valence-electron chi connectivity index (χ3n) is 4.22. The van der Waals surface area contributed by atoms with Gasteiger partial charge in [0.15, 0.2) is 5.13 Å². The first kappa shape index (κ1) is 16.5. The zero-order valence-corrected chi connectivity index (χ0v) is 14.9. The monoisotopic (exact) mass is 365 g/mol. The normalized spacial score (nSPS) is 11.0. The lowest BCUT2D eigenvalue weighted by molar-refractivity contribution is -0.115. The Morgan fingerprint density at radius 3 is 2.77 bits per heavy atom. The minimum Gasteiger partial charge on any atom is -0.350 e. The molecule has 4 aromatic rings. The molecule has 4 nitrogen and oxygen atoms in total. The number of para-hydroxylation sites is 1. The van der Waals surface area contributed by atoms with Gasteiger partial charge in [-0.2, -0.15) is 0 Å². The maximum absolute atomic E-state index is 13.0. The highest BCUT2D eigenvalue weighted by Crippen LogP contribution is 2.26. The number of nitrogens with one attached hydrogen (secondary N) is 1. The highest BCUT2D eigenvalue weighted by molar-refractivity contribution is 7.14. The van der Waals surface area contributed by atoms with E-state index in [1.54, 1.807) is 12.1 Å². The summed E-state index contributed by atoms with van der Waals surface area (Å²) in [4.78, 5) is 16.8. The van der Waals surface area contributed by atoms with Crippen LogP contribution in [-0.2, 0) is 18.3 Å². The van der Waals surface area contributed by atoms with Crippen molar-refractivity contribution in [1.82, 2.24) is 9.55 Å². The molecule has 0 saturated heterocycles. The number of fused-ring (bicyclic) bond motifs is 1. The van der Waals surface area contributed by atoms with Crippen LogP contribution in [0, 0.1) is 5.82 Å². The van der Waals surface area contributed by atoms with Gasteiger partial charge in [0.2, 0.25) is 5.91 Å². The number of thiazole rings is 1. The van der Waals surface area contributed by atoms with E-state index in [4.69, 9.17) is 0 Å². The molecular weight excluding hydrogens is 349 g/mol. The second-order valence-electron chi connectivity index (χ2n) is 6.05. The first-order chi connectivity index (χ1) is 12.6. The van der Waals surface area contributed by atoms with Gasteiger partial charge in [0.1, 0.15) is 5.82 Å². The molecule has 2 aromatic heterocycles. The van der Waals surface area contributed by atoms with Crippen molar-refractivity contribution in [3.63, 3.8) is 0 Å². The van der Waals surface area contributed by atoms with Crippen molar-refractivity contribution in [2.24, 2.45) is 7.05 Å². The molecule has 0 atom stereocenters. The van der Waals surface area contributed by atoms with E-state index in [0.717, 1.165) is 27.7 Å². The smallest absolute Gasteiger partial charge is 0.230 e. The largest absolute Gasteiger partial charge is 0.350 e. The van der Waals surface area contributed by atoms with Gasteiger partial charge >= 0.3 is 0 Å². The molecule has 0 fully saturated rings. The van der Waals surface area contributed by atoms with Crippen molar-refractivity contribution in [2.75, 3.05) is 5.32 Å². The molecule has 0 unspecified atom stereocenters. The van der Waals surface area contributed by atoms with Crippen LogP contribution in [0.25, 0.3) is 22.2 Å². The van der Waals surface area contributed by atoms with Crippen molar-refractivity contribution < 1.29 is 9.18 Å². The lowest BCUT2D eigenvalue weighted by Crippen LogP contribution is -2.14. The van der Waals surface area contributed by atoms with E-state index in [1.165, 1.54) is 23.5 Å². The summed E-state index contributed by atoms with van der Waals surface area (Å²) in [5.41, 5.74) is 3.62. The van der Waals surface area contributed by atoms with E-state index in [9.17, 15) is 9.18 Å². The predicted molar refractivity (Wildman–Crippen MR) is 103 cm³/mol. The summed E-state index contributed by atoms with van der Waals surface area (Å²) in [5, 5.41) is 6.32. The topological polar surface area (TPSA) is 46.9 Å². The fourth-order valence-electron chi connectivity index (χ4n) is 2.99. The summed E-state index contributed by atoms with van der Waals surface area (Å²) < 4.78 is 15.0. The Morgan fingerprint density at radius 2 is 1.96 bits per heavy atom. The number of carbonyl (C=O) groups excluding carboxylic acids is 1. The molecule has 0 aliphatic heterocycles. The van der Waals surface area contributed by atoms with E-state index in [2.05, 4.69) is 10.3 Å². The number of amides is 1. The van der Waals surface area contributed by atoms with Crippen LogP contribution in [0.15, 0.2) is 60.1 Å². The molecule has 0 spiro atoms. The molecule has 0 saturated carbocycles. The fraction of sp³-hybridized carbons (Fsp3) is 0.100. The van der Waals surface area contributed by atoms with Crippen LogP contribution in [0.5, 0.6) is 0 Å². The molecule has 130 valence electrons. The number of carbonyl (C=O) groups is 1. The second kappa shape index (κ2) is 6.72. The number of nitrogens with zero attached hydrogens (tertiary/aromatic N) is 2. The Bertz CT molecular complexity index is 1080. The Labute approximate surface area is 153 Å². The number of aromatic nitrogens is 2. The van der Waals surface area contributed by atoms with Gasteiger partial charge in [-0.3, -0.25) is 4.79 Å². The van der Waals surface area contributed by atoms with Crippen molar-refractivity contribution in [3.05, 3.63) is 71.5 Å². The van der Waals surface area contributed by atoms with E-state index in [-0.39, 0.29) is 18.1 Å². The van der Waals surface area contributed by atoms with Crippen LogP contribution >= 0.6 is 11.3 Å². The van der Waals surface area contributed by atoms with Crippen molar-refractivity contribution in [2.45, 2.75) is 6.42 Å². The molecule has 26 heavy (non-hydrogen) atoms. The molecule has 4 rings (SSSR count). The number of anilines is 1. The molecule has 1 N–H and O–H groups in total. The molecule has 2 heterocycles. The minimum atomic E-state index is -0.285. The summed E-state index contributed by atoms with van der Waals surface area (Å²) in [6.07, 6.45) is 2.27. The zero-order chi connectivity index (χ0) is 18.1. The standard InChI is InChI=1S/C20H16FN3OS/c1-24-11-14(16-4-2-3-5-18(16)24)10-19(25)23-20-22-17(12-26-20)13-6-8-15(21)9-7-13/h2-9,11-12H,10H2,1H3,(H,22,23,25). The van der Waals surface area contributed by atoms with Crippen LogP contribution < -0.4 is 5.32 Å².